The summed E-state index contributed by atoms with van der Waals surface area (Å²) in [4.78, 5) is 23.8. The molecule has 0 aliphatic heterocycles. The van der Waals surface area contributed by atoms with Crippen LogP contribution in [0.15, 0.2) is 53.4 Å². The molecule has 0 bridgehead atoms. The van der Waals surface area contributed by atoms with Gasteiger partial charge < -0.3 is 10.1 Å². The Morgan fingerprint density at radius 2 is 1.57 bits per heavy atom. The second-order valence-corrected chi connectivity index (χ2v) is 5.49. The molecular formula is C16H13F2NO3S. The summed E-state index contributed by atoms with van der Waals surface area (Å²) in [5.74, 6) is -3.33. The largest absolute Gasteiger partial charge is 0.465 e. The smallest absolute Gasteiger partial charge is 0.337 e. The van der Waals surface area contributed by atoms with E-state index in [9.17, 15) is 18.4 Å². The first kappa shape index (κ1) is 17.0. The van der Waals surface area contributed by atoms with Crippen LogP contribution in [0.4, 0.5) is 14.5 Å². The molecule has 120 valence electrons. The fourth-order valence-electron chi connectivity index (χ4n) is 1.80. The number of hydrogen-bond donors (Lipinski definition) is 1. The fraction of sp³-hybridized carbons (Fsp3) is 0.125. The molecule has 2 rings (SSSR count). The number of halogens is 2. The van der Waals surface area contributed by atoms with Crippen molar-refractivity contribution in [3.63, 3.8) is 0 Å². The van der Waals surface area contributed by atoms with Gasteiger partial charge in [0.15, 0.2) is 0 Å². The summed E-state index contributed by atoms with van der Waals surface area (Å²) in [6, 6.07) is 12.1. The second-order valence-electron chi connectivity index (χ2n) is 4.43. The molecule has 0 aromatic heterocycles. The highest BCUT2D eigenvalue weighted by Crippen LogP contribution is 2.25. The normalized spacial score (nSPS) is 10.4. The summed E-state index contributed by atoms with van der Waals surface area (Å²) in [5, 5.41) is 2.66. The van der Waals surface area contributed by atoms with Gasteiger partial charge in [0.25, 0.3) is 11.7 Å². The third-order valence-corrected chi connectivity index (χ3v) is 3.63. The molecule has 23 heavy (non-hydrogen) atoms. The molecule has 7 heteroatoms. The van der Waals surface area contributed by atoms with Crippen LogP contribution in [0.3, 0.4) is 0 Å². The van der Waals surface area contributed by atoms with Crippen LogP contribution in [0.25, 0.3) is 0 Å². The molecule has 1 amide bonds. The quantitative estimate of drug-likeness (QED) is 0.661. The summed E-state index contributed by atoms with van der Waals surface area (Å²) < 4.78 is 29.0. The Labute approximate surface area is 135 Å². The first-order valence-corrected chi connectivity index (χ1v) is 7.42. The zero-order chi connectivity index (χ0) is 16.8. The number of rotatable bonds is 5. The molecule has 4 nitrogen and oxygen atoms in total. The lowest BCUT2D eigenvalue weighted by molar-refractivity contribution is 0.0600. The topological polar surface area (TPSA) is 55.4 Å². The standard InChI is InChI=1S/C16H13F2NO3S/c1-22-15(21)11-2-6-12(7-3-11)19-14(20)10-4-8-13(9-5-10)23-16(17)18/h2-9,16H,1H3,(H,19,20). The predicted molar refractivity (Wildman–Crippen MR) is 84.0 cm³/mol. The molecule has 2 aromatic carbocycles. The molecule has 0 aliphatic rings. The van der Waals surface area contributed by atoms with Crippen LogP contribution in [0.1, 0.15) is 20.7 Å². The van der Waals surface area contributed by atoms with Crippen LogP contribution in [-0.2, 0) is 4.74 Å². The highest BCUT2D eigenvalue weighted by Gasteiger charge is 2.10. The third kappa shape index (κ3) is 4.79. The van der Waals surface area contributed by atoms with Gasteiger partial charge in [-0.15, -0.1) is 0 Å². The fourth-order valence-corrected chi connectivity index (χ4v) is 2.30. The third-order valence-electron chi connectivity index (χ3n) is 2.91. The lowest BCUT2D eigenvalue weighted by Gasteiger charge is -2.07. The van der Waals surface area contributed by atoms with E-state index in [0.717, 1.165) is 0 Å². The molecule has 0 saturated heterocycles. The highest BCUT2D eigenvalue weighted by atomic mass is 32.2. The van der Waals surface area contributed by atoms with Gasteiger partial charge in [-0.1, -0.05) is 11.8 Å². The molecule has 0 spiro atoms. The Morgan fingerprint density at radius 3 is 2.09 bits per heavy atom. The molecule has 0 radical (unpaired) electrons. The van der Waals surface area contributed by atoms with Crippen molar-refractivity contribution in [2.75, 3.05) is 12.4 Å². The number of esters is 1. The van der Waals surface area contributed by atoms with Gasteiger partial charge in [-0.05, 0) is 48.5 Å². The van der Waals surface area contributed by atoms with Crippen molar-refractivity contribution < 1.29 is 23.1 Å². The first-order valence-electron chi connectivity index (χ1n) is 6.54. The molecular weight excluding hydrogens is 324 g/mol. The molecule has 0 saturated carbocycles. The first-order chi connectivity index (χ1) is 11.0. The van der Waals surface area contributed by atoms with Crippen molar-refractivity contribution in [3.05, 3.63) is 59.7 Å². The number of hydrogen-bond acceptors (Lipinski definition) is 4. The molecule has 2 aromatic rings. The average molecular weight is 337 g/mol. The lowest BCUT2D eigenvalue weighted by Crippen LogP contribution is -2.12. The number of nitrogens with one attached hydrogen (secondary N) is 1. The maximum Gasteiger partial charge on any atom is 0.337 e. The highest BCUT2D eigenvalue weighted by molar-refractivity contribution is 7.99. The van der Waals surface area contributed by atoms with Crippen molar-refractivity contribution in [2.24, 2.45) is 0 Å². The minimum absolute atomic E-state index is 0.348. The van der Waals surface area contributed by atoms with Crippen LogP contribution in [0.5, 0.6) is 0 Å². The Balaban J connectivity index is 2.02. The molecule has 0 unspecified atom stereocenters. The number of anilines is 1. The van der Waals surface area contributed by atoms with E-state index in [1.807, 2.05) is 0 Å². The Hall–Kier alpha value is -2.41. The molecule has 0 atom stereocenters. The SMILES string of the molecule is COC(=O)c1ccc(NC(=O)c2ccc(SC(F)F)cc2)cc1. The molecule has 0 aliphatic carbocycles. The summed E-state index contributed by atoms with van der Waals surface area (Å²) >= 11 is 0.420. The van der Waals surface area contributed by atoms with Crippen molar-refractivity contribution in [2.45, 2.75) is 10.7 Å². The van der Waals surface area contributed by atoms with Crippen LogP contribution < -0.4 is 5.32 Å². The minimum Gasteiger partial charge on any atom is -0.465 e. The van der Waals surface area contributed by atoms with E-state index in [2.05, 4.69) is 10.1 Å². The molecule has 1 N–H and O–H groups in total. The van der Waals surface area contributed by atoms with Gasteiger partial charge in [0.1, 0.15) is 0 Å². The lowest BCUT2D eigenvalue weighted by atomic mass is 10.2. The van der Waals surface area contributed by atoms with E-state index >= 15 is 0 Å². The number of alkyl halides is 2. The number of benzene rings is 2. The summed E-state index contributed by atoms with van der Waals surface area (Å²) in [5.41, 5.74) is 1.23. The molecule has 0 heterocycles. The van der Waals surface area contributed by atoms with Gasteiger partial charge in [-0.25, -0.2) is 4.79 Å². The van der Waals surface area contributed by atoms with Crippen molar-refractivity contribution in [1.29, 1.82) is 0 Å². The number of methoxy groups -OCH3 is 1. The number of carbonyl (C=O) groups is 2. The minimum atomic E-state index is -2.50. The van der Waals surface area contributed by atoms with Crippen molar-refractivity contribution in [1.82, 2.24) is 0 Å². The number of ether oxygens (including phenoxy) is 1. The monoisotopic (exact) mass is 337 g/mol. The van der Waals surface area contributed by atoms with Gasteiger partial charge in [0.2, 0.25) is 0 Å². The van der Waals surface area contributed by atoms with E-state index < -0.39 is 11.7 Å². The van der Waals surface area contributed by atoms with Gasteiger partial charge >= 0.3 is 5.97 Å². The maximum atomic E-state index is 12.2. The zero-order valence-electron chi connectivity index (χ0n) is 12.1. The zero-order valence-corrected chi connectivity index (χ0v) is 12.9. The van der Waals surface area contributed by atoms with E-state index in [1.165, 1.54) is 43.5 Å². The van der Waals surface area contributed by atoms with Crippen LogP contribution in [-0.4, -0.2) is 24.7 Å². The van der Waals surface area contributed by atoms with Gasteiger partial charge in [-0.2, -0.15) is 8.78 Å². The van der Waals surface area contributed by atoms with Crippen LogP contribution in [0, 0.1) is 0 Å². The van der Waals surface area contributed by atoms with Crippen molar-refractivity contribution >= 4 is 29.3 Å². The second kappa shape index (κ2) is 7.73. The Morgan fingerprint density at radius 1 is 1.00 bits per heavy atom. The summed E-state index contributed by atoms with van der Waals surface area (Å²) in [6.07, 6.45) is 0. The predicted octanol–water partition coefficient (Wildman–Crippen LogP) is 4.04. The van der Waals surface area contributed by atoms with E-state index in [1.54, 1.807) is 12.1 Å². The number of amides is 1. The van der Waals surface area contributed by atoms with E-state index in [-0.39, 0.29) is 5.91 Å². The van der Waals surface area contributed by atoms with E-state index in [0.29, 0.717) is 33.5 Å². The molecule has 0 fully saturated rings. The van der Waals surface area contributed by atoms with E-state index in [4.69, 9.17) is 0 Å². The van der Waals surface area contributed by atoms with Gasteiger partial charge in [0, 0.05) is 16.1 Å². The Bertz CT molecular complexity index is 687. The maximum absolute atomic E-state index is 12.2. The van der Waals surface area contributed by atoms with Crippen molar-refractivity contribution in [3.8, 4) is 0 Å². The van der Waals surface area contributed by atoms with Gasteiger partial charge in [0.05, 0.1) is 12.7 Å². The van der Waals surface area contributed by atoms with Crippen LogP contribution in [0.2, 0.25) is 0 Å². The summed E-state index contributed by atoms with van der Waals surface area (Å²) in [7, 11) is 1.29. The summed E-state index contributed by atoms with van der Waals surface area (Å²) in [6.45, 7) is 0. The number of carbonyl (C=O) groups excluding carboxylic acids is 2. The van der Waals surface area contributed by atoms with Gasteiger partial charge in [-0.3, -0.25) is 4.79 Å². The average Bonchev–Trinajstić information content (AvgIpc) is 2.55. The number of thioether (sulfide) groups is 1. The Kier molecular flexibility index (Phi) is 5.70. The van der Waals surface area contributed by atoms with Crippen LogP contribution >= 0.6 is 11.8 Å².